The molecule has 1 amide bonds. The van der Waals surface area contributed by atoms with Gasteiger partial charge in [0.15, 0.2) is 5.69 Å². The van der Waals surface area contributed by atoms with Gasteiger partial charge in [-0.3, -0.25) is 4.79 Å². The van der Waals surface area contributed by atoms with Crippen molar-refractivity contribution in [3.63, 3.8) is 0 Å². The number of fused-ring (bicyclic) bond motifs is 1. The lowest BCUT2D eigenvalue weighted by molar-refractivity contribution is -0.0754. The molecule has 2 aliphatic rings. The molecule has 2 atom stereocenters. The molecule has 126 valence electrons. The van der Waals surface area contributed by atoms with E-state index < -0.39 is 0 Å². The summed E-state index contributed by atoms with van der Waals surface area (Å²) in [6.07, 6.45) is 6.37. The number of nitrogens with zero attached hydrogens (tertiary/aromatic N) is 4. The van der Waals surface area contributed by atoms with Crippen LogP contribution in [0.2, 0.25) is 0 Å². The van der Waals surface area contributed by atoms with Crippen molar-refractivity contribution in [2.24, 2.45) is 0 Å². The smallest absolute Gasteiger partial charge is 0.276 e. The van der Waals surface area contributed by atoms with Gasteiger partial charge in [-0.15, -0.1) is 5.10 Å². The van der Waals surface area contributed by atoms with Gasteiger partial charge < -0.3 is 9.64 Å². The van der Waals surface area contributed by atoms with Crippen LogP contribution >= 0.6 is 0 Å². The maximum Gasteiger partial charge on any atom is 0.276 e. The summed E-state index contributed by atoms with van der Waals surface area (Å²) < 4.78 is 7.57. The Morgan fingerprint density at radius 1 is 1.21 bits per heavy atom. The summed E-state index contributed by atoms with van der Waals surface area (Å²) in [5.41, 5.74) is 1.57. The van der Waals surface area contributed by atoms with Crippen molar-refractivity contribution < 1.29 is 9.53 Å². The molecule has 1 aliphatic carbocycles. The first-order valence-electron chi connectivity index (χ1n) is 8.68. The fraction of sp³-hybridized carbons (Fsp3) is 0.500. The van der Waals surface area contributed by atoms with Gasteiger partial charge in [0.25, 0.3) is 5.91 Å². The van der Waals surface area contributed by atoms with Crippen LogP contribution in [0.5, 0.6) is 0 Å². The number of carbonyl (C=O) groups is 1. The van der Waals surface area contributed by atoms with E-state index in [1.807, 2.05) is 35.2 Å². The third-order valence-electron chi connectivity index (χ3n) is 4.94. The van der Waals surface area contributed by atoms with E-state index in [2.05, 4.69) is 10.3 Å². The van der Waals surface area contributed by atoms with Crippen LogP contribution in [0.25, 0.3) is 0 Å². The summed E-state index contributed by atoms with van der Waals surface area (Å²) in [5.74, 6) is -0.0190. The first kappa shape index (κ1) is 15.3. The van der Waals surface area contributed by atoms with Crippen LogP contribution in [-0.2, 0) is 11.3 Å². The lowest BCUT2D eigenvalue weighted by Crippen LogP contribution is -2.54. The second-order valence-corrected chi connectivity index (χ2v) is 6.55. The number of carbonyl (C=O) groups excluding carboxylic acids is 1. The minimum atomic E-state index is -0.0190. The number of aromatic nitrogens is 3. The largest absolute Gasteiger partial charge is 0.374 e. The highest BCUT2D eigenvalue weighted by molar-refractivity contribution is 5.92. The number of ether oxygens (including phenoxy) is 1. The lowest BCUT2D eigenvalue weighted by Gasteiger charge is -2.43. The van der Waals surface area contributed by atoms with E-state index in [9.17, 15) is 4.79 Å². The molecule has 0 radical (unpaired) electrons. The lowest BCUT2D eigenvalue weighted by atomic mass is 9.90. The van der Waals surface area contributed by atoms with E-state index in [-0.39, 0.29) is 18.1 Å². The van der Waals surface area contributed by atoms with Crippen molar-refractivity contribution >= 4 is 5.91 Å². The molecule has 4 rings (SSSR count). The number of benzene rings is 1. The molecule has 2 heterocycles. The fourth-order valence-electron chi connectivity index (χ4n) is 3.74. The minimum Gasteiger partial charge on any atom is -0.374 e. The van der Waals surface area contributed by atoms with Crippen LogP contribution in [0.3, 0.4) is 0 Å². The molecule has 2 aromatic rings. The molecule has 2 fully saturated rings. The average Bonchev–Trinajstić information content (AvgIpc) is 3.10. The molecule has 1 saturated heterocycles. The molecule has 6 nitrogen and oxygen atoms in total. The summed E-state index contributed by atoms with van der Waals surface area (Å²) in [5, 5.41) is 8.23. The Bertz CT molecular complexity index is 698. The van der Waals surface area contributed by atoms with E-state index >= 15 is 0 Å². The maximum atomic E-state index is 12.9. The van der Waals surface area contributed by atoms with Crippen molar-refractivity contribution in [1.29, 1.82) is 0 Å². The van der Waals surface area contributed by atoms with Crippen LogP contribution in [-0.4, -0.2) is 51.1 Å². The maximum absolute atomic E-state index is 12.9. The molecular formula is C18H22N4O2. The zero-order chi connectivity index (χ0) is 16.4. The topological polar surface area (TPSA) is 60.2 Å². The molecule has 0 spiro atoms. The molecule has 6 heteroatoms. The number of hydrogen-bond acceptors (Lipinski definition) is 4. The summed E-state index contributed by atoms with van der Waals surface area (Å²) >= 11 is 0. The second-order valence-electron chi connectivity index (χ2n) is 6.55. The Morgan fingerprint density at radius 3 is 2.92 bits per heavy atom. The van der Waals surface area contributed by atoms with Crippen LogP contribution in [0.4, 0.5) is 0 Å². The molecule has 0 bridgehead atoms. The molecule has 1 aromatic heterocycles. The van der Waals surface area contributed by atoms with Gasteiger partial charge in [0.1, 0.15) is 0 Å². The monoisotopic (exact) mass is 326 g/mol. The summed E-state index contributed by atoms with van der Waals surface area (Å²) in [6.45, 7) is 1.88. The standard InChI is InChI=1S/C18H22N4O2/c23-18(22-10-11-24-17-9-5-4-8-16(17)22)15-13-21(20-19-15)12-14-6-2-1-3-7-14/h1-3,6-7,13,16-17H,4-5,8-12H2/t16-,17-/m1/s1. The van der Waals surface area contributed by atoms with Crippen molar-refractivity contribution in [2.75, 3.05) is 13.2 Å². The van der Waals surface area contributed by atoms with Gasteiger partial charge in [-0.25, -0.2) is 4.68 Å². The van der Waals surface area contributed by atoms with Crippen LogP contribution < -0.4 is 0 Å². The van der Waals surface area contributed by atoms with Crippen LogP contribution in [0.15, 0.2) is 36.5 Å². The van der Waals surface area contributed by atoms with Crippen molar-refractivity contribution in [2.45, 2.75) is 44.4 Å². The zero-order valence-corrected chi connectivity index (χ0v) is 13.7. The van der Waals surface area contributed by atoms with Gasteiger partial charge in [-0.2, -0.15) is 0 Å². The van der Waals surface area contributed by atoms with Crippen molar-refractivity contribution in [1.82, 2.24) is 19.9 Å². The highest BCUT2D eigenvalue weighted by atomic mass is 16.5. The van der Waals surface area contributed by atoms with E-state index in [1.54, 1.807) is 10.9 Å². The molecule has 24 heavy (non-hydrogen) atoms. The van der Waals surface area contributed by atoms with Gasteiger partial charge in [-0.1, -0.05) is 48.4 Å². The molecule has 1 saturated carbocycles. The van der Waals surface area contributed by atoms with E-state index in [1.165, 1.54) is 6.42 Å². The fourth-order valence-corrected chi connectivity index (χ4v) is 3.74. The summed E-state index contributed by atoms with van der Waals surface area (Å²) in [6, 6.07) is 10.2. The molecule has 0 unspecified atom stereocenters. The SMILES string of the molecule is O=C(c1cn(Cc2ccccc2)nn1)N1CCO[C@@H]2CCCC[C@H]21. The Kier molecular flexibility index (Phi) is 4.30. The normalized spacial score (nSPS) is 23.8. The second kappa shape index (κ2) is 6.73. The predicted molar refractivity (Wildman–Crippen MR) is 88.6 cm³/mol. The van der Waals surface area contributed by atoms with E-state index in [0.29, 0.717) is 25.4 Å². The van der Waals surface area contributed by atoms with E-state index in [0.717, 1.165) is 24.8 Å². The van der Waals surface area contributed by atoms with Crippen molar-refractivity contribution in [3.05, 3.63) is 47.8 Å². The van der Waals surface area contributed by atoms with Gasteiger partial charge in [0, 0.05) is 6.54 Å². The third kappa shape index (κ3) is 3.06. The van der Waals surface area contributed by atoms with Gasteiger partial charge in [-0.05, 0) is 18.4 Å². The average molecular weight is 326 g/mol. The Morgan fingerprint density at radius 2 is 2.04 bits per heavy atom. The number of amides is 1. The minimum absolute atomic E-state index is 0.0190. The van der Waals surface area contributed by atoms with Crippen molar-refractivity contribution in [3.8, 4) is 0 Å². The first-order chi connectivity index (χ1) is 11.8. The zero-order valence-electron chi connectivity index (χ0n) is 13.7. The molecule has 1 aromatic carbocycles. The van der Waals surface area contributed by atoms with Crippen LogP contribution in [0.1, 0.15) is 41.7 Å². The Labute approximate surface area is 141 Å². The Balaban J connectivity index is 1.48. The first-order valence-corrected chi connectivity index (χ1v) is 8.68. The quantitative estimate of drug-likeness (QED) is 0.867. The Hall–Kier alpha value is -2.21. The van der Waals surface area contributed by atoms with Gasteiger partial charge >= 0.3 is 0 Å². The van der Waals surface area contributed by atoms with Crippen LogP contribution in [0, 0.1) is 0 Å². The summed E-state index contributed by atoms with van der Waals surface area (Å²) in [7, 11) is 0. The highest BCUT2D eigenvalue weighted by Crippen LogP contribution is 2.29. The number of morpholine rings is 1. The predicted octanol–water partition coefficient (Wildman–Crippen LogP) is 2.11. The number of rotatable bonds is 3. The molecule has 0 N–H and O–H groups in total. The summed E-state index contributed by atoms with van der Waals surface area (Å²) in [4.78, 5) is 14.8. The van der Waals surface area contributed by atoms with E-state index in [4.69, 9.17) is 4.74 Å². The van der Waals surface area contributed by atoms with Gasteiger partial charge in [0.2, 0.25) is 0 Å². The molecular weight excluding hydrogens is 304 g/mol. The molecule has 1 aliphatic heterocycles. The third-order valence-corrected chi connectivity index (χ3v) is 4.94. The highest BCUT2D eigenvalue weighted by Gasteiger charge is 2.37. The van der Waals surface area contributed by atoms with Gasteiger partial charge in [0.05, 0.1) is 31.5 Å². The number of hydrogen-bond donors (Lipinski definition) is 0.